The van der Waals surface area contributed by atoms with Gasteiger partial charge in [-0.15, -0.1) is 0 Å². The summed E-state index contributed by atoms with van der Waals surface area (Å²) in [4.78, 5) is 6.64. The second-order valence-corrected chi connectivity index (χ2v) is 6.57. The van der Waals surface area contributed by atoms with Gasteiger partial charge in [-0.05, 0) is 35.3 Å². The molecule has 4 heteroatoms. The lowest BCUT2D eigenvalue weighted by molar-refractivity contribution is -0.0402. The van der Waals surface area contributed by atoms with Crippen LogP contribution >= 0.6 is 11.6 Å². The SMILES string of the molecule is Clc1cc(C2=CC3COCC(C2)N3Cc2ccccc2)ccn1. The van der Waals surface area contributed by atoms with E-state index in [1.54, 1.807) is 6.20 Å². The van der Waals surface area contributed by atoms with Gasteiger partial charge in [0.25, 0.3) is 0 Å². The van der Waals surface area contributed by atoms with E-state index in [9.17, 15) is 0 Å². The van der Waals surface area contributed by atoms with E-state index in [2.05, 4.69) is 46.3 Å². The van der Waals surface area contributed by atoms with Crippen LogP contribution in [-0.2, 0) is 11.3 Å². The van der Waals surface area contributed by atoms with Gasteiger partial charge in [0.2, 0.25) is 0 Å². The molecular weight excluding hydrogens is 308 g/mol. The highest BCUT2D eigenvalue weighted by atomic mass is 35.5. The molecule has 23 heavy (non-hydrogen) atoms. The highest BCUT2D eigenvalue weighted by molar-refractivity contribution is 6.29. The van der Waals surface area contributed by atoms with Crippen molar-refractivity contribution in [2.45, 2.75) is 25.0 Å². The van der Waals surface area contributed by atoms with Crippen molar-refractivity contribution in [3.63, 3.8) is 0 Å². The van der Waals surface area contributed by atoms with Crippen LogP contribution in [0.2, 0.25) is 5.15 Å². The normalized spacial score (nSPS) is 24.3. The number of hydrogen-bond acceptors (Lipinski definition) is 3. The summed E-state index contributed by atoms with van der Waals surface area (Å²) in [6.07, 6.45) is 5.11. The quantitative estimate of drug-likeness (QED) is 0.802. The molecule has 0 N–H and O–H groups in total. The van der Waals surface area contributed by atoms with Crippen molar-refractivity contribution in [1.82, 2.24) is 9.88 Å². The Morgan fingerprint density at radius 2 is 2.04 bits per heavy atom. The zero-order valence-corrected chi connectivity index (χ0v) is 13.6. The van der Waals surface area contributed by atoms with Gasteiger partial charge < -0.3 is 4.74 Å². The Labute approximate surface area is 141 Å². The minimum atomic E-state index is 0.324. The second kappa shape index (κ2) is 6.44. The average molecular weight is 327 g/mol. The van der Waals surface area contributed by atoms with Crippen molar-refractivity contribution in [3.8, 4) is 0 Å². The van der Waals surface area contributed by atoms with E-state index >= 15 is 0 Å². The molecule has 3 nitrogen and oxygen atoms in total. The molecule has 2 bridgehead atoms. The van der Waals surface area contributed by atoms with Gasteiger partial charge in [-0.1, -0.05) is 48.0 Å². The average Bonchev–Trinajstić information content (AvgIpc) is 2.55. The largest absolute Gasteiger partial charge is 0.378 e. The number of fused-ring (bicyclic) bond motifs is 2. The fourth-order valence-corrected chi connectivity index (χ4v) is 3.69. The minimum Gasteiger partial charge on any atom is -0.378 e. The van der Waals surface area contributed by atoms with Gasteiger partial charge in [-0.25, -0.2) is 4.98 Å². The van der Waals surface area contributed by atoms with Gasteiger partial charge in [0.05, 0.1) is 19.3 Å². The molecule has 0 radical (unpaired) electrons. The van der Waals surface area contributed by atoms with E-state index in [-0.39, 0.29) is 0 Å². The van der Waals surface area contributed by atoms with E-state index < -0.39 is 0 Å². The minimum absolute atomic E-state index is 0.324. The highest BCUT2D eigenvalue weighted by Crippen LogP contribution is 2.33. The van der Waals surface area contributed by atoms with E-state index in [4.69, 9.17) is 16.3 Å². The van der Waals surface area contributed by atoms with Crippen LogP contribution in [-0.4, -0.2) is 35.2 Å². The summed E-state index contributed by atoms with van der Waals surface area (Å²) in [5.41, 5.74) is 3.89. The van der Waals surface area contributed by atoms with E-state index in [0.717, 1.165) is 26.2 Å². The molecule has 0 amide bonds. The number of rotatable bonds is 3. The van der Waals surface area contributed by atoms with Crippen molar-refractivity contribution in [2.24, 2.45) is 0 Å². The Bertz CT molecular complexity index is 716. The monoisotopic (exact) mass is 326 g/mol. The molecular formula is C19H19ClN2O. The van der Waals surface area contributed by atoms with Crippen LogP contribution in [0.4, 0.5) is 0 Å². The van der Waals surface area contributed by atoms with Gasteiger partial charge in [0.15, 0.2) is 0 Å². The van der Waals surface area contributed by atoms with Crippen LogP contribution in [0.5, 0.6) is 0 Å². The standard InChI is InChI=1S/C19H19ClN2O/c20-19-10-15(6-7-21-19)16-8-17-12-23-13-18(9-16)22(17)11-14-4-2-1-3-5-14/h1-8,10,17-18H,9,11-13H2. The van der Waals surface area contributed by atoms with Gasteiger partial charge in [-0.3, -0.25) is 4.90 Å². The molecule has 0 saturated carbocycles. The molecule has 1 saturated heterocycles. The zero-order chi connectivity index (χ0) is 15.6. The summed E-state index contributed by atoms with van der Waals surface area (Å²) in [6.45, 7) is 2.52. The number of nitrogens with zero attached hydrogens (tertiary/aromatic N) is 2. The number of halogens is 1. The first-order chi connectivity index (χ1) is 11.3. The fraction of sp³-hybridized carbons (Fsp3) is 0.316. The predicted octanol–water partition coefficient (Wildman–Crippen LogP) is 3.79. The molecule has 118 valence electrons. The zero-order valence-electron chi connectivity index (χ0n) is 12.9. The number of benzene rings is 1. The number of ether oxygens (including phenoxy) is 1. The lowest BCUT2D eigenvalue weighted by atomic mass is 9.90. The molecule has 0 spiro atoms. The predicted molar refractivity (Wildman–Crippen MR) is 92.2 cm³/mol. The van der Waals surface area contributed by atoms with Crippen molar-refractivity contribution in [3.05, 3.63) is 71.0 Å². The van der Waals surface area contributed by atoms with Crippen LogP contribution in [0.3, 0.4) is 0 Å². The molecule has 4 rings (SSSR count). The lowest BCUT2D eigenvalue weighted by Gasteiger charge is -2.44. The first-order valence-electron chi connectivity index (χ1n) is 7.99. The van der Waals surface area contributed by atoms with E-state index in [1.165, 1.54) is 16.7 Å². The third-order valence-corrected chi connectivity index (χ3v) is 4.85. The summed E-state index contributed by atoms with van der Waals surface area (Å²) >= 11 is 6.05. The first-order valence-corrected chi connectivity index (χ1v) is 8.37. The number of morpholine rings is 1. The van der Waals surface area contributed by atoms with Gasteiger partial charge in [0, 0.05) is 18.8 Å². The number of pyridine rings is 1. The third-order valence-electron chi connectivity index (χ3n) is 4.65. The van der Waals surface area contributed by atoms with Crippen LogP contribution < -0.4 is 0 Å². The molecule has 3 heterocycles. The summed E-state index contributed by atoms with van der Waals surface area (Å²) in [6, 6.07) is 15.4. The maximum absolute atomic E-state index is 6.05. The second-order valence-electron chi connectivity index (χ2n) is 6.18. The topological polar surface area (TPSA) is 25.4 Å². The third kappa shape index (κ3) is 3.18. The summed E-state index contributed by atoms with van der Waals surface area (Å²) in [5.74, 6) is 0. The van der Waals surface area contributed by atoms with Crippen LogP contribution in [0.15, 0.2) is 54.7 Å². The van der Waals surface area contributed by atoms with Gasteiger partial charge in [-0.2, -0.15) is 0 Å². The Balaban J connectivity index is 1.60. The molecule has 2 aliphatic rings. The van der Waals surface area contributed by atoms with Gasteiger partial charge >= 0.3 is 0 Å². The van der Waals surface area contributed by atoms with Crippen LogP contribution in [0.25, 0.3) is 5.57 Å². The van der Waals surface area contributed by atoms with Gasteiger partial charge in [0.1, 0.15) is 5.15 Å². The van der Waals surface area contributed by atoms with E-state index in [0.29, 0.717) is 17.2 Å². The maximum Gasteiger partial charge on any atom is 0.129 e. The van der Waals surface area contributed by atoms with Crippen molar-refractivity contribution < 1.29 is 4.74 Å². The molecule has 1 aromatic carbocycles. The number of aromatic nitrogens is 1. The molecule has 2 aromatic rings. The molecule has 1 aromatic heterocycles. The highest BCUT2D eigenvalue weighted by Gasteiger charge is 2.34. The molecule has 2 unspecified atom stereocenters. The number of hydrogen-bond donors (Lipinski definition) is 0. The lowest BCUT2D eigenvalue weighted by Crippen LogP contribution is -2.53. The van der Waals surface area contributed by atoms with E-state index in [1.807, 2.05) is 12.1 Å². The summed E-state index contributed by atoms with van der Waals surface area (Å²) < 4.78 is 5.79. The molecule has 2 aliphatic heterocycles. The fourth-order valence-electron chi connectivity index (χ4n) is 3.52. The van der Waals surface area contributed by atoms with Crippen molar-refractivity contribution in [1.29, 1.82) is 0 Å². The Kier molecular flexibility index (Phi) is 4.17. The Morgan fingerprint density at radius 3 is 2.83 bits per heavy atom. The van der Waals surface area contributed by atoms with Crippen molar-refractivity contribution in [2.75, 3.05) is 13.2 Å². The molecule has 1 fully saturated rings. The molecule has 0 aliphatic carbocycles. The smallest absolute Gasteiger partial charge is 0.129 e. The first kappa shape index (κ1) is 14.9. The Morgan fingerprint density at radius 1 is 1.17 bits per heavy atom. The summed E-state index contributed by atoms with van der Waals surface area (Å²) in [7, 11) is 0. The van der Waals surface area contributed by atoms with Crippen molar-refractivity contribution >= 4 is 17.2 Å². The molecule has 2 atom stereocenters. The Hall–Kier alpha value is -1.68. The van der Waals surface area contributed by atoms with Crippen LogP contribution in [0, 0.1) is 0 Å². The van der Waals surface area contributed by atoms with Crippen LogP contribution in [0.1, 0.15) is 17.5 Å². The maximum atomic E-state index is 6.05. The summed E-state index contributed by atoms with van der Waals surface area (Å²) in [5, 5.41) is 0.552.